The molecule has 0 saturated carbocycles. The molecule has 0 aliphatic carbocycles. The first kappa shape index (κ1) is 20.8. The summed E-state index contributed by atoms with van der Waals surface area (Å²) in [4.78, 5) is 12.1. The van der Waals surface area contributed by atoms with Gasteiger partial charge in [0.2, 0.25) is 0 Å². The molecule has 0 bridgehead atoms. The molecular formula is C22H31NO2. The molecule has 2 aromatic carbocycles. The van der Waals surface area contributed by atoms with E-state index in [1.54, 1.807) is 7.11 Å². The molecule has 136 valence electrons. The van der Waals surface area contributed by atoms with Crippen LogP contribution in [0.4, 0.5) is 0 Å². The Kier molecular flexibility index (Phi) is 8.76. The van der Waals surface area contributed by atoms with Gasteiger partial charge in [0.1, 0.15) is 5.75 Å². The van der Waals surface area contributed by atoms with Gasteiger partial charge in [0.05, 0.1) is 7.11 Å². The third-order valence-corrected chi connectivity index (χ3v) is 3.43. The molecule has 1 N–H and O–H groups in total. The molecular weight excluding hydrogens is 310 g/mol. The Balaban J connectivity index is 0.000000705. The molecule has 0 spiro atoms. The second kappa shape index (κ2) is 10.5. The zero-order chi connectivity index (χ0) is 18.8. The van der Waals surface area contributed by atoms with Crippen molar-refractivity contribution in [3.8, 4) is 5.75 Å². The summed E-state index contributed by atoms with van der Waals surface area (Å²) in [6.07, 6.45) is 0. The van der Waals surface area contributed by atoms with E-state index in [0.29, 0.717) is 18.0 Å². The Bertz CT molecular complexity index is 643. The molecule has 0 saturated heterocycles. The van der Waals surface area contributed by atoms with Crippen molar-refractivity contribution < 1.29 is 9.53 Å². The van der Waals surface area contributed by atoms with E-state index in [-0.39, 0.29) is 5.91 Å². The largest absolute Gasteiger partial charge is 0.497 e. The predicted molar refractivity (Wildman–Crippen MR) is 105 cm³/mol. The predicted octanol–water partition coefficient (Wildman–Crippen LogP) is 5.41. The van der Waals surface area contributed by atoms with Crippen LogP contribution in [0.3, 0.4) is 0 Å². The molecule has 2 aromatic rings. The van der Waals surface area contributed by atoms with Crippen molar-refractivity contribution in [2.45, 2.75) is 47.1 Å². The van der Waals surface area contributed by atoms with Crippen LogP contribution in [0, 0.1) is 5.92 Å². The maximum Gasteiger partial charge on any atom is 0.251 e. The molecule has 0 aromatic heterocycles. The Morgan fingerprint density at radius 1 is 1.00 bits per heavy atom. The second-order valence-corrected chi connectivity index (χ2v) is 7.04. The Labute approximate surface area is 152 Å². The number of hydrogen-bond acceptors (Lipinski definition) is 2. The molecule has 0 unspecified atom stereocenters. The molecule has 0 heterocycles. The molecule has 2 rings (SSSR count). The summed E-state index contributed by atoms with van der Waals surface area (Å²) in [7, 11) is 1.63. The van der Waals surface area contributed by atoms with Gasteiger partial charge in [-0.15, -0.1) is 0 Å². The first-order valence-electron chi connectivity index (χ1n) is 8.84. The molecule has 0 atom stereocenters. The summed E-state index contributed by atoms with van der Waals surface area (Å²) in [5.41, 5.74) is 2.93. The maximum atomic E-state index is 12.1. The smallest absolute Gasteiger partial charge is 0.251 e. The number of benzene rings is 2. The molecule has 3 nitrogen and oxygen atoms in total. The van der Waals surface area contributed by atoms with Crippen LogP contribution in [0.2, 0.25) is 0 Å². The molecule has 0 aliphatic rings. The highest BCUT2D eigenvalue weighted by atomic mass is 16.5. The second-order valence-electron chi connectivity index (χ2n) is 7.04. The van der Waals surface area contributed by atoms with Gasteiger partial charge < -0.3 is 10.1 Å². The van der Waals surface area contributed by atoms with Gasteiger partial charge in [-0.2, -0.15) is 0 Å². The van der Waals surface area contributed by atoms with Crippen LogP contribution in [0.1, 0.15) is 62.0 Å². The Hall–Kier alpha value is -2.29. The van der Waals surface area contributed by atoms with Crippen molar-refractivity contribution in [1.29, 1.82) is 0 Å². The highest BCUT2D eigenvalue weighted by Crippen LogP contribution is 2.15. The zero-order valence-corrected chi connectivity index (χ0v) is 16.3. The minimum absolute atomic E-state index is 0.0619. The molecule has 3 heteroatoms. The number of rotatable bonds is 5. The third-order valence-electron chi connectivity index (χ3n) is 3.43. The van der Waals surface area contributed by atoms with Gasteiger partial charge in [-0.3, -0.25) is 4.79 Å². The van der Waals surface area contributed by atoms with Gasteiger partial charge in [-0.25, -0.2) is 0 Å². The minimum atomic E-state index is -0.0619. The summed E-state index contributed by atoms with van der Waals surface area (Å²) >= 11 is 0. The SMILES string of the molecule is CC(C)C.COc1cccc(CNC(=O)c2ccc(C(C)C)cc2)c1. The quantitative estimate of drug-likeness (QED) is 0.789. The lowest BCUT2D eigenvalue weighted by Crippen LogP contribution is -2.22. The highest BCUT2D eigenvalue weighted by molar-refractivity contribution is 5.94. The molecule has 0 fully saturated rings. The zero-order valence-electron chi connectivity index (χ0n) is 16.3. The van der Waals surface area contributed by atoms with Gasteiger partial charge in [-0.1, -0.05) is 58.9 Å². The standard InChI is InChI=1S/C18H21NO2.C4H10/c1-13(2)15-7-9-16(10-8-15)18(20)19-12-14-5-4-6-17(11-14)21-3;1-4(2)3/h4-11,13H,12H2,1-3H3,(H,19,20);4H,1-3H3. The first-order chi connectivity index (χ1) is 11.8. The summed E-state index contributed by atoms with van der Waals surface area (Å²) < 4.78 is 5.17. The van der Waals surface area contributed by atoms with Crippen molar-refractivity contribution in [3.05, 3.63) is 65.2 Å². The monoisotopic (exact) mass is 341 g/mol. The fourth-order valence-electron chi connectivity index (χ4n) is 2.09. The van der Waals surface area contributed by atoms with Crippen LogP contribution in [0.5, 0.6) is 5.75 Å². The van der Waals surface area contributed by atoms with Crippen molar-refractivity contribution >= 4 is 5.91 Å². The van der Waals surface area contributed by atoms with Gasteiger partial charge in [0.25, 0.3) is 5.91 Å². The van der Waals surface area contributed by atoms with Crippen LogP contribution in [-0.4, -0.2) is 13.0 Å². The van der Waals surface area contributed by atoms with E-state index < -0.39 is 0 Å². The number of nitrogens with one attached hydrogen (secondary N) is 1. The Morgan fingerprint density at radius 2 is 1.60 bits per heavy atom. The van der Waals surface area contributed by atoms with E-state index >= 15 is 0 Å². The number of ether oxygens (including phenoxy) is 1. The van der Waals surface area contributed by atoms with E-state index in [1.807, 2.05) is 48.5 Å². The molecule has 0 radical (unpaired) electrons. The van der Waals surface area contributed by atoms with Crippen molar-refractivity contribution in [2.75, 3.05) is 7.11 Å². The average Bonchev–Trinajstić information content (AvgIpc) is 2.59. The van der Waals surface area contributed by atoms with Crippen LogP contribution < -0.4 is 10.1 Å². The third kappa shape index (κ3) is 7.88. The topological polar surface area (TPSA) is 38.3 Å². The molecule has 0 aliphatic heterocycles. The van der Waals surface area contributed by atoms with Crippen LogP contribution >= 0.6 is 0 Å². The highest BCUT2D eigenvalue weighted by Gasteiger charge is 2.06. The number of methoxy groups -OCH3 is 1. The van der Waals surface area contributed by atoms with Crippen LogP contribution in [0.25, 0.3) is 0 Å². The fourth-order valence-corrected chi connectivity index (χ4v) is 2.09. The lowest BCUT2D eigenvalue weighted by molar-refractivity contribution is 0.0951. The van der Waals surface area contributed by atoms with Gasteiger partial charge in [-0.05, 0) is 47.2 Å². The first-order valence-corrected chi connectivity index (χ1v) is 8.84. The summed E-state index contributed by atoms with van der Waals surface area (Å²) in [5, 5.41) is 2.92. The van der Waals surface area contributed by atoms with Crippen LogP contribution in [-0.2, 0) is 6.54 Å². The van der Waals surface area contributed by atoms with E-state index in [4.69, 9.17) is 4.74 Å². The lowest BCUT2D eigenvalue weighted by atomic mass is 10.0. The molecule has 25 heavy (non-hydrogen) atoms. The number of carbonyl (C=O) groups excluding carboxylic acids is 1. The van der Waals surface area contributed by atoms with Crippen molar-refractivity contribution in [3.63, 3.8) is 0 Å². The van der Waals surface area contributed by atoms with Gasteiger partial charge >= 0.3 is 0 Å². The summed E-state index contributed by atoms with van der Waals surface area (Å²) in [6, 6.07) is 15.4. The summed E-state index contributed by atoms with van der Waals surface area (Å²) in [5.74, 6) is 2.04. The van der Waals surface area contributed by atoms with Gasteiger partial charge in [0, 0.05) is 12.1 Å². The van der Waals surface area contributed by atoms with Crippen molar-refractivity contribution in [2.24, 2.45) is 5.92 Å². The van der Waals surface area contributed by atoms with Gasteiger partial charge in [0.15, 0.2) is 0 Å². The van der Waals surface area contributed by atoms with E-state index in [1.165, 1.54) is 5.56 Å². The normalized spacial score (nSPS) is 10.2. The summed E-state index contributed by atoms with van der Waals surface area (Å²) in [6.45, 7) is 11.3. The average molecular weight is 341 g/mol. The van der Waals surface area contributed by atoms with E-state index in [9.17, 15) is 4.79 Å². The number of amides is 1. The fraction of sp³-hybridized carbons (Fsp3) is 0.409. The van der Waals surface area contributed by atoms with E-state index in [0.717, 1.165) is 17.2 Å². The van der Waals surface area contributed by atoms with E-state index in [2.05, 4.69) is 39.9 Å². The van der Waals surface area contributed by atoms with Crippen LogP contribution in [0.15, 0.2) is 48.5 Å². The maximum absolute atomic E-state index is 12.1. The minimum Gasteiger partial charge on any atom is -0.497 e. The number of hydrogen-bond donors (Lipinski definition) is 1. The lowest BCUT2D eigenvalue weighted by Gasteiger charge is -2.09. The Morgan fingerprint density at radius 3 is 2.12 bits per heavy atom. The van der Waals surface area contributed by atoms with Crippen molar-refractivity contribution in [1.82, 2.24) is 5.32 Å². The number of carbonyl (C=O) groups is 1. The molecule has 1 amide bonds.